The number of rotatable bonds is 8. The summed E-state index contributed by atoms with van der Waals surface area (Å²) in [5, 5.41) is 6.64. The lowest BCUT2D eigenvalue weighted by atomic mass is 9.96. The van der Waals surface area contributed by atoms with Gasteiger partial charge in [0.05, 0.1) is 0 Å². The van der Waals surface area contributed by atoms with Gasteiger partial charge in [-0.05, 0) is 47.7 Å². The number of nitrogens with one attached hydrogen (secondary N) is 2. The largest absolute Gasteiger partial charge is 0.433 e. The van der Waals surface area contributed by atoms with Gasteiger partial charge in [-0.1, -0.05) is 60.1 Å². The molecule has 0 spiro atoms. The quantitative estimate of drug-likeness (QED) is 0.465. The van der Waals surface area contributed by atoms with Crippen LogP contribution in [-0.2, 0) is 17.4 Å². The van der Waals surface area contributed by atoms with E-state index in [1.807, 2.05) is 48.5 Å². The number of likely N-dealkylation sites (N-methyl/N-ethyl adjacent to an activating group) is 1. The molecule has 1 amide bonds. The summed E-state index contributed by atoms with van der Waals surface area (Å²) < 4.78 is 38.4. The van der Waals surface area contributed by atoms with Gasteiger partial charge >= 0.3 is 6.18 Å². The second kappa shape index (κ2) is 10.6. The zero-order valence-corrected chi connectivity index (χ0v) is 18.1. The van der Waals surface area contributed by atoms with Crippen LogP contribution in [0.2, 0.25) is 5.02 Å². The predicted molar refractivity (Wildman–Crippen MR) is 118 cm³/mol. The van der Waals surface area contributed by atoms with Gasteiger partial charge in [0.25, 0.3) is 0 Å². The maximum atomic E-state index is 12.8. The molecule has 1 heterocycles. The maximum Gasteiger partial charge on any atom is 0.433 e. The molecule has 0 aliphatic heterocycles. The third-order valence-electron chi connectivity index (χ3n) is 5.10. The minimum Gasteiger partial charge on any atom is -0.358 e. The Balaban J connectivity index is 1.84. The van der Waals surface area contributed by atoms with Crippen LogP contribution in [0.25, 0.3) is 0 Å². The lowest BCUT2D eigenvalue weighted by molar-refractivity contribution is -0.141. The van der Waals surface area contributed by atoms with Gasteiger partial charge < -0.3 is 5.32 Å². The second-order valence-electron chi connectivity index (χ2n) is 7.32. The van der Waals surface area contributed by atoms with Gasteiger partial charge in [-0.2, -0.15) is 13.2 Å². The highest BCUT2D eigenvalue weighted by Gasteiger charge is 2.32. The van der Waals surface area contributed by atoms with E-state index in [-0.39, 0.29) is 11.9 Å². The number of carbonyl (C=O) groups is 1. The molecule has 0 aliphatic rings. The summed E-state index contributed by atoms with van der Waals surface area (Å²) in [6, 6.07) is 18.1. The lowest BCUT2D eigenvalue weighted by Gasteiger charge is -2.26. The molecule has 3 aromatic rings. The number of benzene rings is 2. The number of carbonyl (C=O) groups excluding carboxylic acids is 1. The molecule has 0 unspecified atom stereocenters. The van der Waals surface area contributed by atoms with Gasteiger partial charge in [-0.3, -0.25) is 15.1 Å². The Labute approximate surface area is 189 Å². The topological polar surface area (TPSA) is 54.0 Å². The fourth-order valence-corrected chi connectivity index (χ4v) is 3.63. The third-order valence-corrected chi connectivity index (χ3v) is 5.33. The summed E-state index contributed by atoms with van der Waals surface area (Å²) in [6.07, 6.45) is -2.25. The van der Waals surface area contributed by atoms with E-state index in [1.165, 1.54) is 12.3 Å². The van der Waals surface area contributed by atoms with Crippen molar-refractivity contribution >= 4 is 17.5 Å². The molecule has 0 bridgehead atoms. The summed E-state index contributed by atoms with van der Waals surface area (Å²) >= 11 is 6.19. The van der Waals surface area contributed by atoms with Crippen molar-refractivity contribution in [2.24, 2.45) is 0 Å². The predicted octanol–water partition coefficient (Wildman–Crippen LogP) is 5.50. The van der Waals surface area contributed by atoms with Gasteiger partial charge in [0.2, 0.25) is 5.91 Å². The highest BCUT2D eigenvalue weighted by atomic mass is 35.5. The molecular weight excluding hydrogens is 439 g/mol. The molecule has 2 aromatic carbocycles. The minimum absolute atomic E-state index is 0.195. The molecular formula is C24H23ClF3N3O. The van der Waals surface area contributed by atoms with Crippen molar-refractivity contribution in [3.8, 4) is 0 Å². The SMILES string of the molecule is CNC(=O)[C@H](N[C@@H](CCc1ccc(C(F)(F)F)nc1)c1cccc(Cl)c1)c1ccccc1. The van der Waals surface area contributed by atoms with Gasteiger partial charge in [-0.15, -0.1) is 0 Å². The highest BCUT2D eigenvalue weighted by molar-refractivity contribution is 6.30. The van der Waals surface area contributed by atoms with Crippen LogP contribution in [0.15, 0.2) is 72.9 Å². The number of aromatic nitrogens is 1. The van der Waals surface area contributed by atoms with Crippen LogP contribution in [0, 0.1) is 0 Å². The summed E-state index contributed by atoms with van der Waals surface area (Å²) in [7, 11) is 1.57. The Hall–Kier alpha value is -2.90. The minimum atomic E-state index is -4.47. The van der Waals surface area contributed by atoms with Crippen molar-refractivity contribution in [1.29, 1.82) is 0 Å². The first-order valence-corrected chi connectivity index (χ1v) is 10.5. The number of halogens is 4. The van der Waals surface area contributed by atoms with Gasteiger partial charge in [0.1, 0.15) is 11.7 Å². The molecule has 0 radical (unpaired) electrons. The van der Waals surface area contributed by atoms with Crippen LogP contribution in [-0.4, -0.2) is 17.9 Å². The number of hydrogen-bond donors (Lipinski definition) is 2. The van der Waals surface area contributed by atoms with Crippen LogP contribution in [0.4, 0.5) is 13.2 Å². The van der Waals surface area contributed by atoms with E-state index in [4.69, 9.17) is 11.6 Å². The van der Waals surface area contributed by atoms with E-state index in [1.54, 1.807) is 13.1 Å². The Kier molecular flexibility index (Phi) is 7.88. The van der Waals surface area contributed by atoms with E-state index < -0.39 is 17.9 Å². The van der Waals surface area contributed by atoms with E-state index in [0.29, 0.717) is 23.4 Å². The summed E-state index contributed by atoms with van der Waals surface area (Å²) in [5.41, 5.74) is 1.43. The smallest absolute Gasteiger partial charge is 0.358 e. The van der Waals surface area contributed by atoms with Crippen molar-refractivity contribution < 1.29 is 18.0 Å². The van der Waals surface area contributed by atoms with Crippen molar-refractivity contribution in [3.05, 3.63) is 100 Å². The number of pyridine rings is 1. The zero-order chi connectivity index (χ0) is 23.1. The van der Waals surface area contributed by atoms with Gasteiger partial charge in [-0.25, -0.2) is 0 Å². The van der Waals surface area contributed by atoms with Crippen LogP contribution in [0.5, 0.6) is 0 Å². The Morgan fingerprint density at radius 1 is 1.03 bits per heavy atom. The van der Waals surface area contributed by atoms with E-state index >= 15 is 0 Å². The molecule has 2 atom stereocenters. The average molecular weight is 462 g/mol. The molecule has 4 nitrogen and oxygen atoms in total. The first-order valence-electron chi connectivity index (χ1n) is 10.1. The maximum absolute atomic E-state index is 12.8. The van der Waals surface area contributed by atoms with Crippen LogP contribution >= 0.6 is 11.6 Å². The van der Waals surface area contributed by atoms with Crippen molar-refractivity contribution in [2.45, 2.75) is 31.1 Å². The standard InChI is InChI=1S/C24H23ClF3N3O/c1-29-23(32)22(17-6-3-2-4-7-17)31-20(18-8-5-9-19(25)14-18)12-10-16-11-13-21(30-15-16)24(26,27)28/h2-9,11,13-15,20,22,31H,10,12H2,1H3,(H,29,32)/t20-,22+/m0/s1. The van der Waals surface area contributed by atoms with Crippen molar-refractivity contribution in [3.63, 3.8) is 0 Å². The Morgan fingerprint density at radius 3 is 2.34 bits per heavy atom. The average Bonchev–Trinajstić information content (AvgIpc) is 2.79. The molecule has 168 valence electrons. The Morgan fingerprint density at radius 2 is 1.75 bits per heavy atom. The monoisotopic (exact) mass is 461 g/mol. The van der Waals surface area contributed by atoms with Crippen LogP contribution in [0.3, 0.4) is 0 Å². The number of amides is 1. The molecule has 2 N–H and O–H groups in total. The molecule has 1 aromatic heterocycles. The normalized spacial score (nSPS) is 13.4. The highest BCUT2D eigenvalue weighted by Crippen LogP contribution is 2.29. The molecule has 3 rings (SSSR count). The van der Waals surface area contributed by atoms with Crippen LogP contribution < -0.4 is 10.6 Å². The number of aryl methyl sites for hydroxylation is 1. The number of nitrogens with zero attached hydrogens (tertiary/aromatic N) is 1. The van der Waals surface area contributed by atoms with Gasteiger partial charge in [0.15, 0.2) is 0 Å². The molecule has 0 aliphatic carbocycles. The molecule has 32 heavy (non-hydrogen) atoms. The zero-order valence-electron chi connectivity index (χ0n) is 17.4. The van der Waals surface area contributed by atoms with Gasteiger partial charge in [0, 0.05) is 24.3 Å². The van der Waals surface area contributed by atoms with Crippen molar-refractivity contribution in [2.75, 3.05) is 7.05 Å². The van der Waals surface area contributed by atoms with Crippen LogP contribution in [0.1, 0.15) is 40.9 Å². The summed E-state index contributed by atoms with van der Waals surface area (Å²) in [6.45, 7) is 0. The molecule has 0 fully saturated rings. The summed E-state index contributed by atoms with van der Waals surface area (Å²) in [5.74, 6) is -0.195. The molecule has 0 saturated heterocycles. The van der Waals surface area contributed by atoms with E-state index in [0.717, 1.165) is 17.2 Å². The summed E-state index contributed by atoms with van der Waals surface area (Å²) in [4.78, 5) is 16.2. The van der Waals surface area contributed by atoms with E-state index in [2.05, 4.69) is 15.6 Å². The molecule has 8 heteroatoms. The Bertz CT molecular complexity index is 1030. The first kappa shape index (κ1) is 23.8. The lowest BCUT2D eigenvalue weighted by Crippen LogP contribution is -2.38. The fourth-order valence-electron chi connectivity index (χ4n) is 3.43. The number of hydrogen-bond acceptors (Lipinski definition) is 3. The first-order chi connectivity index (χ1) is 15.3. The third kappa shape index (κ3) is 6.31. The fraction of sp³-hybridized carbons (Fsp3) is 0.250. The second-order valence-corrected chi connectivity index (χ2v) is 7.76. The molecule has 0 saturated carbocycles. The van der Waals surface area contributed by atoms with Crippen molar-refractivity contribution in [1.82, 2.24) is 15.6 Å². The number of alkyl halides is 3. The van der Waals surface area contributed by atoms with E-state index in [9.17, 15) is 18.0 Å².